The van der Waals surface area contributed by atoms with Gasteiger partial charge >= 0.3 is 0 Å². The van der Waals surface area contributed by atoms with Crippen LogP contribution in [-0.2, 0) is 0 Å². The van der Waals surface area contributed by atoms with Crippen molar-refractivity contribution < 1.29 is 4.92 Å². The number of non-ortho nitro benzene ring substituents is 1. The molecule has 0 fully saturated rings. The lowest BCUT2D eigenvalue weighted by molar-refractivity contribution is -0.384. The van der Waals surface area contributed by atoms with E-state index in [1.807, 2.05) is 55.4 Å². The van der Waals surface area contributed by atoms with Gasteiger partial charge in [-0.1, -0.05) is 12.1 Å². The van der Waals surface area contributed by atoms with Crippen LogP contribution in [0.5, 0.6) is 0 Å². The first-order chi connectivity index (χ1) is 13.4. The van der Waals surface area contributed by atoms with E-state index in [9.17, 15) is 15.4 Å². The van der Waals surface area contributed by atoms with Crippen molar-refractivity contribution in [1.29, 1.82) is 5.26 Å². The molecule has 1 aromatic heterocycles. The largest absolute Gasteiger partial charge is 0.396 e. The van der Waals surface area contributed by atoms with Crippen molar-refractivity contribution in [1.82, 2.24) is 0 Å². The van der Waals surface area contributed by atoms with Crippen LogP contribution in [0.15, 0.2) is 60.7 Å². The molecule has 1 heterocycles. The molecular weight excluding hydrogens is 372 g/mol. The fourth-order valence-corrected chi connectivity index (χ4v) is 3.69. The second-order valence-corrected chi connectivity index (χ2v) is 7.39. The quantitative estimate of drug-likeness (QED) is 0.386. The molecule has 0 saturated heterocycles. The maximum Gasteiger partial charge on any atom is 0.269 e. The van der Waals surface area contributed by atoms with Gasteiger partial charge in [0.2, 0.25) is 0 Å². The second kappa shape index (κ2) is 7.94. The normalized spacial score (nSPS) is 11.5. The summed E-state index contributed by atoms with van der Waals surface area (Å²) >= 11 is 1.50. The van der Waals surface area contributed by atoms with Gasteiger partial charge in [-0.3, -0.25) is 10.1 Å². The first-order valence-electron chi connectivity index (χ1n) is 8.43. The molecule has 0 bridgehead atoms. The number of nitrogens with zero attached hydrogens (tertiary/aromatic N) is 3. The van der Waals surface area contributed by atoms with Gasteiger partial charge in [0, 0.05) is 36.8 Å². The zero-order valence-corrected chi connectivity index (χ0v) is 16.2. The van der Waals surface area contributed by atoms with Crippen LogP contribution in [-0.4, -0.2) is 19.0 Å². The van der Waals surface area contributed by atoms with Crippen molar-refractivity contribution in [2.24, 2.45) is 5.73 Å². The Morgan fingerprint density at radius 2 is 1.71 bits per heavy atom. The number of rotatable bonds is 5. The zero-order valence-electron chi connectivity index (χ0n) is 15.4. The first-order valence-corrected chi connectivity index (χ1v) is 9.25. The number of hydrogen-bond donors (Lipinski definition) is 1. The highest BCUT2D eigenvalue weighted by molar-refractivity contribution is 7.16. The van der Waals surface area contributed by atoms with Gasteiger partial charge in [-0.25, -0.2) is 0 Å². The number of anilines is 1. The highest BCUT2D eigenvalue weighted by atomic mass is 32.1. The molecule has 0 saturated carbocycles. The average Bonchev–Trinajstić information content (AvgIpc) is 3.19. The van der Waals surface area contributed by atoms with E-state index in [4.69, 9.17) is 5.73 Å². The molecule has 0 aliphatic carbocycles. The fraction of sp³-hybridized carbons (Fsp3) is 0.0952. The van der Waals surface area contributed by atoms with E-state index in [0.29, 0.717) is 16.8 Å². The molecule has 0 spiro atoms. The molecule has 3 rings (SSSR count). The standard InChI is InChI=1S/C21H18N4O2S/c1-24(2)16-7-5-15(6-8-16)19-11-12-20(28-19)21(23)18(13-22)14-3-9-17(10-4-14)25(26)27/h3-12H,23H2,1-2H3/b21-18-. The molecule has 7 heteroatoms. The molecular formula is C21H18N4O2S. The van der Waals surface area contributed by atoms with Gasteiger partial charge in [-0.15, -0.1) is 11.3 Å². The molecule has 0 aliphatic heterocycles. The summed E-state index contributed by atoms with van der Waals surface area (Å²) in [6.45, 7) is 0. The van der Waals surface area contributed by atoms with Crippen LogP contribution in [0.2, 0.25) is 0 Å². The van der Waals surface area contributed by atoms with E-state index >= 15 is 0 Å². The Balaban J connectivity index is 1.93. The minimum Gasteiger partial charge on any atom is -0.396 e. The molecule has 0 atom stereocenters. The van der Waals surface area contributed by atoms with Gasteiger partial charge in [-0.05, 0) is 47.5 Å². The van der Waals surface area contributed by atoms with E-state index < -0.39 is 4.92 Å². The van der Waals surface area contributed by atoms with Crippen molar-refractivity contribution in [3.8, 4) is 16.5 Å². The topological polar surface area (TPSA) is 96.2 Å². The third-order valence-corrected chi connectivity index (χ3v) is 5.46. The lowest BCUT2D eigenvalue weighted by atomic mass is 10.0. The van der Waals surface area contributed by atoms with Crippen molar-refractivity contribution in [2.75, 3.05) is 19.0 Å². The number of nitrogens with two attached hydrogens (primary N) is 1. The zero-order chi connectivity index (χ0) is 20.3. The van der Waals surface area contributed by atoms with Crippen molar-refractivity contribution >= 4 is 34.0 Å². The summed E-state index contributed by atoms with van der Waals surface area (Å²) in [5, 5.41) is 20.4. The van der Waals surface area contributed by atoms with E-state index in [-0.39, 0.29) is 5.69 Å². The number of allylic oxidation sites excluding steroid dienone is 1. The minimum absolute atomic E-state index is 0.0285. The highest BCUT2D eigenvalue weighted by Crippen LogP contribution is 2.34. The maximum atomic E-state index is 10.8. The molecule has 6 nitrogen and oxygen atoms in total. The van der Waals surface area contributed by atoms with Gasteiger partial charge in [0.15, 0.2) is 0 Å². The average molecular weight is 390 g/mol. The monoisotopic (exact) mass is 390 g/mol. The van der Waals surface area contributed by atoms with Gasteiger partial charge in [0.25, 0.3) is 5.69 Å². The molecule has 0 radical (unpaired) electrons. The fourth-order valence-electron chi connectivity index (χ4n) is 2.71. The van der Waals surface area contributed by atoms with Gasteiger partial charge in [0.1, 0.15) is 6.07 Å². The number of hydrogen-bond acceptors (Lipinski definition) is 6. The Morgan fingerprint density at radius 3 is 2.25 bits per heavy atom. The maximum absolute atomic E-state index is 10.8. The number of benzene rings is 2. The molecule has 3 aromatic rings. The van der Waals surface area contributed by atoms with Crippen LogP contribution in [0.3, 0.4) is 0 Å². The van der Waals surface area contributed by atoms with Crippen LogP contribution in [0.25, 0.3) is 21.7 Å². The van der Waals surface area contributed by atoms with Crippen molar-refractivity contribution in [3.05, 3.63) is 81.2 Å². The van der Waals surface area contributed by atoms with E-state index in [1.165, 1.54) is 35.6 Å². The molecule has 0 unspecified atom stereocenters. The molecule has 2 aromatic carbocycles. The Morgan fingerprint density at radius 1 is 1.07 bits per heavy atom. The number of nitro groups is 1. The molecule has 0 aliphatic rings. The first kappa shape index (κ1) is 19.1. The SMILES string of the molecule is CN(C)c1ccc(-c2ccc(/C(N)=C(\C#N)c3ccc([N+](=O)[O-])cc3)s2)cc1. The van der Waals surface area contributed by atoms with E-state index in [2.05, 4.69) is 6.07 Å². The number of nitriles is 1. The van der Waals surface area contributed by atoms with Crippen LogP contribution in [0.4, 0.5) is 11.4 Å². The third kappa shape index (κ3) is 3.87. The van der Waals surface area contributed by atoms with E-state index in [1.54, 1.807) is 0 Å². The summed E-state index contributed by atoms with van der Waals surface area (Å²) in [7, 11) is 3.98. The third-order valence-electron chi connectivity index (χ3n) is 4.29. The minimum atomic E-state index is -0.476. The number of thiophene rings is 1. The van der Waals surface area contributed by atoms with Gasteiger partial charge in [-0.2, -0.15) is 5.26 Å². The van der Waals surface area contributed by atoms with Crippen LogP contribution in [0, 0.1) is 21.4 Å². The lowest BCUT2D eigenvalue weighted by Gasteiger charge is -2.12. The summed E-state index contributed by atoms with van der Waals surface area (Å²) in [4.78, 5) is 14.2. The highest BCUT2D eigenvalue weighted by Gasteiger charge is 2.13. The predicted molar refractivity (Wildman–Crippen MR) is 114 cm³/mol. The summed E-state index contributed by atoms with van der Waals surface area (Å²) in [6.07, 6.45) is 0. The molecule has 0 amide bonds. The Bertz CT molecular complexity index is 1070. The molecule has 28 heavy (non-hydrogen) atoms. The summed E-state index contributed by atoms with van der Waals surface area (Å²) in [5.41, 5.74) is 9.63. The Hall–Kier alpha value is -3.63. The van der Waals surface area contributed by atoms with Crippen LogP contribution < -0.4 is 10.6 Å². The van der Waals surface area contributed by atoms with Crippen LogP contribution in [0.1, 0.15) is 10.4 Å². The van der Waals surface area contributed by atoms with Crippen LogP contribution >= 0.6 is 11.3 Å². The molecule has 140 valence electrons. The Labute approximate surface area is 166 Å². The van der Waals surface area contributed by atoms with Crippen molar-refractivity contribution in [2.45, 2.75) is 0 Å². The summed E-state index contributed by atoms with van der Waals surface area (Å²) < 4.78 is 0. The summed E-state index contributed by atoms with van der Waals surface area (Å²) in [5.74, 6) is 0. The molecule has 2 N–H and O–H groups in total. The second-order valence-electron chi connectivity index (χ2n) is 6.31. The van der Waals surface area contributed by atoms with Gasteiger partial charge < -0.3 is 10.6 Å². The Kier molecular flexibility index (Phi) is 5.43. The summed E-state index contributed by atoms with van der Waals surface area (Å²) in [6, 6.07) is 20.0. The van der Waals surface area contributed by atoms with E-state index in [0.717, 1.165) is 21.0 Å². The van der Waals surface area contributed by atoms with Gasteiger partial charge in [0.05, 0.1) is 21.1 Å². The van der Waals surface area contributed by atoms with Crippen molar-refractivity contribution in [3.63, 3.8) is 0 Å². The smallest absolute Gasteiger partial charge is 0.269 e. The predicted octanol–water partition coefficient (Wildman–Crippen LogP) is 4.74. The number of nitro benzene ring substituents is 1. The lowest BCUT2D eigenvalue weighted by Crippen LogP contribution is -2.07.